The highest BCUT2D eigenvalue weighted by atomic mass is 16.6. The Bertz CT molecular complexity index is 1030. The Hall–Kier alpha value is -4.02. The van der Waals surface area contributed by atoms with Crippen molar-refractivity contribution in [3.63, 3.8) is 0 Å². The number of allylic oxidation sites excluding steroid dienone is 2. The van der Waals surface area contributed by atoms with Crippen molar-refractivity contribution < 1.29 is 28.6 Å². The number of fused-ring (bicyclic) bond motifs is 1. The number of hydrogen-bond acceptors (Lipinski definition) is 10. The predicted molar refractivity (Wildman–Crippen MR) is 90.3 cm³/mol. The van der Waals surface area contributed by atoms with Crippen molar-refractivity contribution in [3.8, 4) is 0 Å². The monoisotopic (exact) mass is 372 g/mol. The third kappa shape index (κ3) is 3.01. The van der Waals surface area contributed by atoms with Gasteiger partial charge < -0.3 is 14.4 Å². The van der Waals surface area contributed by atoms with E-state index in [0.717, 1.165) is 7.11 Å². The fraction of sp³-hybridized carbons (Fsp3) is 0.125. The molecule has 0 saturated carbocycles. The van der Waals surface area contributed by atoms with Gasteiger partial charge in [-0.15, -0.1) is 0 Å². The minimum Gasteiger partial charge on any atom is -0.465 e. The van der Waals surface area contributed by atoms with E-state index in [-0.39, 0.29) is 33.7 Å². The van der Waals surface area contributed by atoms with E-state index in [2.05, 4.69) is 14.9 Å². The van der Waals surface area contributed by atoms with Crippen LogP contribution in [0.5, 0.6) is 0 Å². The molecule has 11 heteroatoms. The second kappa shape index (κ2) is 7.07. The molecule has 1 aliphatic heterocycles. The Morgan fingerprint density at radius 2 is 1.81 bits per heavy atom. The lowest BCUT2D eigenvalue weighted by Crippen LogP contribution is -2.27. The summed E-state index contributed by atoms with van der Waals surface area (Å²) in [5.41, 5.74) is -0.402. The van der Waals surface area contributed by atoms with Crippen molar-refractivity contribution in [2.24, 2.45) is 0 Å². The first-order chi connectivity index (χ1) is 13.0. The molecule has 11 nitrogen and oxygen atoms in total. The molecule has 0 bridgehead atoms. The number of carbonyl (C=O) groups is 2. The van der Waals surface area contributed by atoms with Crippen LogP contribution in [0.25, 0.3) is 11.0 Å². The third-order valence-corrected chi connectivity index (χ3v) is 3.72. The van der Waals surface area contributed by atoms with E-state index in [1.807, 2.05) is 0 Å². The van der Waals surface area contributed by atoms with Crippen LogP contribution >= 0.6 is 0 Å². The number of non-ortho nitro benzene ring substituents is 1. The molecule has 2 aromatic rings. The van der Waals surface area contributed by atoms with Crippen LogP contribution in [-0.4, -0.2) is 41.4 Å². The van der Waals surface area contributed by atoms with Crippen molar-refractivity contribution >= 4 is 34.3 Å². The first-order valence-corrected chi connectivity index (χ1v) is 7.44. The number of aromatic nitrogens is 2. The van der Waals surface area contributed by atoms with Gasteiger partial charge in [0.15, 0.2) is 5.52 Å². The average Bonchev–Trinajstić information content (AvgIpc) is 3.05. The molecule has 0 atom stereocenters. The summed E-state index contributed by atoms with van der Waals surface area (Å²) in [7, 11) is 2.33. The minimum atomic E-state index is -0.824. The van der Waals surface area contributed by atoms with Crippen LogP contribution in [0, 0.1) is 10.1 Å². The smallest absolute Gasteiger partial charge is 0.355 e. The summed E-state index contributed by atoms with van der Waals surface area (Å²) in [6.07, 6.45) is 5.94. The number of esters is 2. The molecule has 27 heavy (non-hydrogen) atoms. The summed E-state index contributed by atoms with van der Waals surface area (Å²) in [4.78, 5) is 36.4. The zero-order valence-corrected chi connectivity index (χ0v) is 14.1. The highest BCUT2D eigenvalue weighted by Crippen LogP contribution is 2.35. The van der Waals surface area contributed by atoms with Crippen LogP contribution in [0.3, 0.4) is 0 Å². The maximum Gasteiger partial charge on any atom is 0.355 e. The molecule has 0 amide bonds. The van der Waals surface area contributed by atoms with Crippen LogP contribution in [-0.2, 0) is 19.1 Å². The molecule has 0 N–H and O–H groups in total. The van der Waals surface area contributed by atoms with Gasteiger partial charge >= 0.3 is 17.6 Å². The number of hydrogen-bond donors (Lipinski definition) is 0. The van der Waals surface area contributed by atoms with Crippen molar-refractivity contribution in [3.05, 3.63) is 57.9 Å². The largest absolute Gasteiger partial charge is 0.465 e. The number of nitro benzene ring substituents is 1. The number of rotatable bonds is 4. The number of carbonyl (C=O) groups excluding carboxylic acids is 2. The topological polar surface area (TPSA) is 138 Å². The molecule has 1 aliphatic rings. The zero-order chi connectivity index (χ0) is 19.6. The van der Waals surface area contributed by atoms with E-state index < -0.39 is 16.9 Å². The molecule has 1 aromatic carbocycles. The number of nitro groups is 1. The number of benzene rings is 1. The van der Waals surface area contributed by atoms with E-state index in [1.54, 1.807) is 6.08 Å². The fourth-order valence-electron chi connectivity index (χ4n) is 2.53. The second-order valence-electron chi connectivity index (χ2n) is 5.14. The van der Waals surface area contributed by atoms with Gasteiger partial charge in [0, 0.05) is 12.3 Å². The van der Waals surface area contributed by atoms with Gasteiger partial charge in [-0.1, -0.05) is 6.08 Å². The summed E-state index contributed by atoms with van der Waals surface area (Å²) in [5, 5.41) is 18.4. The Kier molecular flexibility index (Phi) is 4.66. The Balaban J connectivity index is 2.28. The molecule has 138 valence electrons. The lowest BCUT2D eigenvalue weighted by atomic mass is 10.1. The molecule has 3 rings (SSSR count). The molecule has 2 heterocycles. The molecule has 0 radical (unpaired) electrons. The number of ether oxygens (including phenoxy) is 2. The third-order valence-electron chi connectivity index (χ3n) is 3.72. The SMILES string of the molecule is COC(=O)C1=C(C(=O)OC)N(c2ccc([N+](=O)[O-])c3nonc23)C=CC=C1. The second-order valence-corrected chi connectivity index (χ2v) is 5.14. The van der Waals surface area contributed by atoms with E-state index in [1.165, 1.54) is 42.5 Å². The van der Waals surface area contributed by atoms with Crippen molar-refractivity contribution in [1.82, 2.24) is 10.3 Å². The molecule has 1 aromatic heterocycles. The van der Waals surface area contributed by atoms with Gasteiger partial charge in [0.1, 0.15) is 5.70 Å². The summed E-state index contributed by atoms with van der Waals surface area (Å²) >= 11 is 0. The highest BCUT2D eigenvalue weighted by Gasteiger charge is 2.30. The van der Waals surface area contributed by atoms with Gasteiger partial charge in [-0.2, -0.15) is 0 Å². The van der Waals surface area contributed by atoms with Gasteiger partial charge in [-0.05, 0) is 28.5 Å². The van der Waals surface area contributed by atoms with Gasteiger partial charge in [-0.3, -0.25) is 10.1 Å². The van der Waals surface area contributed by atoms with E-state index >= 15 is 0 Å². The Morgan fingerprint density at radius 3 is 2.48 bits per heavy atom. The molecule has 0 fully saturated rings. The lowest BCUT2D eigenvalue weighted by molar-refractivity contribution is -0.383. The standard InChI is InChI=1S/C16H12N4O7/c1-25-15(21)9-5-3-4-8-19(14(9)16(22)26-2)10-6-7-11(20(23)24)13-12(10)17-27-18-13/h3-8H,1-2H3. The number of anilines is 1. The summed E-state index contributed by atoms with van der Waals surface area (Å²) in [5.74, 6) is -1.59. The van der Waals surface area contributed by atoms with Crippen molar-refractivity contribution in [2.75, 3.05) is 19.1 Å². The van der Waals surface area contributed by atoms with Crippen molar-refractivity contribution in [1.29, 1.82) is 0 Å². The normalized spacial score (nSPS) is 13.6. The number of methoxy groups -OCH3 is 2. The minimum absolute atomic E-state index is 0.0290. The first-order valence-electron chi connectivity index (χ1n) is 7.44. The van der Waals surface area contributed by atoms with Crippen LogP contribution in [0.2, 0.25) is 0 Å². The summed E-state index contributed by atoms with van der Waals surface area (Å²) in [6.45, 7) is 0. The first kappa shape index (κ1) is 17.8. The predicted octanol–water partition coefficient (Wildman–Crippen LogP) is 1.62. The van der Waals surface area contributed by atoms with Gasteiger partial charge in [0.05, 0.1) is 30.4 Å². The zero-order valence-electron chi connectivity index (χ0n) is 14.1. The molecular weight excluding hydrogens is 360 g/mol. The number of nitrogens with zero attached hydrogens (tertiary/aromatic N) is 4. The van der Waals surface area contributed by atoms with E-state index in [9.17, 15) is 19.7 Å². The van der Waals surface area contributed by atoms with Crippen molar-refractivity contribution in [2.45, 2.75) is 0 Å². The van der Waals surface area contributed by atoms with E-state index in [4.69, 9.17) is 9.47 Å². The van der Waals surface area contributed by atoms with Gasteiger partial charge in [0.2, 0.25) is 5.52 Å². The molecule has 0 saturated heterocycles. The summed E-state index contributed by atoms with van der Waals surface area (Å²) in [6, 6.07) is 2.55. The van der Waals surface area contributed by atoms with Gasteiger partial charge in [-0.25, -0.2) is 14.2 Å². The summed E-state index contributed by atoms with van der Waals surface area (Å²) < 4.78 is 14.2. The maximum absolute atomic E-state index is 12.4. The molecule has 0 spiro atoms. The molecular formula is C16H12N4O7. The fourth-order valence-corrected chi connectivity index (χ4v) is 2.53. The molecule has 0 aliphatic carbocycles. The van der Waals surface area contributed by atoms with Crippen LogP contribution in [0.1, 0.15) is 0 Å². The van der Waals surface area contributed by atoms with Crippen LogP contribution in [0.4, 0.5) is 11.4 Å². The Morgan fingerprint density at radius 1 is 1.11 bits per heavy atom. The Labute approximate surface area is 151 Å². The molecule has 0 unspecified atom stereocenters. The average molecular weight is 372 g/mol. The van der Waals surface area contributed by atoms with Crippen LogP contribution < -0.4 is 4.90 Å². The quantitative estimate of drug-likeness (QED) is 0.442. The lowest BCUT2D eigenvalue weighted by Gasteiger charge is -2.22. The maximum atomic E-state index is 12.4. The van der Waals surface area contributed by atoms with E-state index in [0.29, 0.717) is 0 Å². The van der Waals surface area contributed by atoms with Crippen LogP contribution in [0.15, 0.2) is 52.5 Å². The van der Waals surface area contributed by atoms with Gasteiger partial charge in [0.25, 0.3) is 0 Å². The highest BCUT2D eigenvalue weighted by molar-refractivity contribution is 6.07.